The summed E-state index contributed by atoms with van der Waals surface area (Å²) in [5.74, 6) is 1.20. The second kappa shape index (κ2) is 4.14. The zero-order valence-corrected chi connectivity index (χ0v) is 5.55. The van der Waals surface area contributed by atoms with Crippen molar-refractivity contribution in [3.63, 3.8) is 0 Å². The molecule has 8 heavy (non-hydrogen) atoms. The van der Waals surface area contributed by atoms with Crippen LogP contribution in [-0.4, -0.2) is 12.3 Å². The Morgan fingerprint density at radius 1 is 1.25 bits per heavy atom. The summed E-state index contributed by atoms with van der Waals surface area (Å²) >= 11 is 1.71. The molecule has 1 rings (SSSR count). The molecule has 1 fully saturated rings. The van der Waals surface area contributed by atoms with Crippen molar-refractivity contribution in [1.29, 1.82) is 0 Å². The first-order valence-corrected chi connectivity index (χ1v) is 3.83. The lowest BCUT2D eigenvalue weighted by molar-refractivity contribution is 0.500. The summed E-state index contributed by atoms with van der Waals surface area (Å²) in [5, 5.41) is 0. The first-order valence-electron chi connectivity index (χ1n) is 2.85. The third-order valence-corrected chi connectivity index (χ3v) is 1.75. The Hall–Kier alpha value is 0.230. The largest absolute Gasteiger partial charge is 0.243 e. The first-order chi connectivity index (χ1) is 4.00. The minimum atomic E-state index is 1.06. The van der Waals surface area contributed by atoms with E-state index >= 15 is 0 Å². The van der Waals surface area contributed by atoms with Gasteiger partial charge in [0.05, 0.1) is 0 Å². The van der Waals surface area contributed by atoms with Crippen molar-refractivity contribution in [2.75, 3.05) is 12.3 Å². The van der Waals surface area contributed by atoms with E-state index in [9.17, 15) is 0 Å². The Bertz CT molecular complexity index is 35.2. The number of hydrogen-bond acceptors (Lipinski definition) is 4. The van der Waals surface area contributed by atoms with E-state index in [1.54, 1.807) is 11.9 Å². The highest BCUT2D eigenvalue weighted by Crippen LogP contribution is 1.98. The minimum Gasteiger partial charge on any atom is -0.243 e. The molecule has 0 aromatic heterocycles. The summed E-state index contributed by atoms with van der Waals surface area (Å²) in [6, 6.07) is 0. The molecule has 0 radical (unpaired) electrons. The van der Waals surface area contributed by atoms with Gasteiger partial charge in [-0.25, -0.2) is 5.43 Å². The molecule has 0 saturated carbocycles. The summed E-state index contributed by atoms with van der Waals surface area (Å²) in [6.07, 6.45) is 2.56. The van der Waals surface area contributed by atoms with Crippen LogP contribution in [0, 0.1) is 0 Å². The highest BCUT2D eigenvalue weighted by Gasteiger charge is 1.92. The molecule has 0 amide bonds. The predicted molar refractivity (Wildman–Crippen MR) is 36.0 cm³/mol. The fourth-order valence-corrected chi connectivity index (χ4v) is 1.17. The SMILES string of the molecule is C1CCSNNNC1. The molecule has 0 aromatic carbocycles. The lowest BCUT2D eigenvalue weighted by Gasteiger charge is -2.10. The maximum absolute atomic E-state index is 3.01. The standard InChI is InChI=1S/C4H11N3S/c1-2-4-8-7-6-5-3-1/h5-7H,1-4H2. The second-order valence-electron chi connectivity index (χ2n) is 1.71. The fraction of sp³-hybridized carbons (Fsp3) is 1.00. The molecule has 48 valence electrons. The third-order valence-electron chi connectivity index (χ3n) is 1.01. The Kier molecular flexibility index (Phi) is 3.29. The second-order valence-corrected chi connectivity index (χ2v) is 2.61. The molecular formula is C4H11N3S. The van der Waals surface area contributed by atoms with Crippen LogP contribution in [0.5, 0.6) is 0 Å². The summed E-state index contributed by atoms with van der Waals surface area (Å²) in [6.45, 7) is 1.06. The van der Waals surface area contributed by atoms with Gasteiger partial charge in [-0.15, -0.1) is 0 Å². The van der Waals surface area contributed by atoms with Gasteiger partial charge in [0, 0.05) is 12.3 Å². The van der Waals surface area contributed by atoms with Gasteiger partial charge in [0.15, 0.2) is 0 Å². The Morgan fingerprint density at radius 3 is 3.25 bits per heavy atom. The first kappa shape index (κ1) is 6.35. The van der Waals surface area contributed by atoms with Crippen molar-refractivity contribution < 1.29 is 0 Å². The van der Waals surface area contributed by atoms with E-state index in [4.69, 9.17) is 0 Å². The van der Waals surface area contributed by atoms with Crippen LogP contribution in [0.4, 0.5) is 0 Å². The smallest absolute Gasteiger partial charge is 0.0114 e. The summed E-state index contributed by atoms with van der Waals surface area (Å²) in [5.41, 5.74) is 5.86. The van der Waals surface area contributed by atoms with Gasteiger partial charge in [-0.3, -0.25) is 0 Å². The molecule has 0 bridgehead atoms. The van der Waals surface area contributed by atoms with Gasteiger partial charge in [0.2, 0.25) is 0 Å². The van der Waals surface area contributed by atoms with Gasteiger partial charge in [-0.2, -0.15) is 10.4 Å². The summed E-state index contributed by atoms with van der Waals surface area (Å²) in [4.78, 5) is 2.94. The van der Waals surface area contributed by atoms with Gasteiger partial charge in [0.25, 0.3) is 0 Å². The quantitative estimate of drug-likeness (QED) is 0.407. The molecule has 1 saturated heterocycles. The number of hydrazine groups is 2. The van der Waals surface area contributed by atoms with Gasteiger partial charge in [0.1, 0.15) is 0 Å². The van der Waals surface area contributed by atoms with Crippen molar-refractivity contribution >= 4 is 11.9 Å². The number of rotatable bonds is 0. The molecule has 1 aliphatic rings. The molecule has 3 N–H and O–H groups in total. The van der Waals surface area contributed by atoms with E-state index in [-0.39, 0.29) is 0 Å². The highest BCUT2D eigenvalue weighted by molar-refractivity contribution is 7.97. The number of nitrogens with one attached hydrogen (secondary N) is 3. The van der Waals surface area contributed by atoms with E-state index in [2.05, 4.69) is 15.8 Å². The average Bonchev–Trinajstić information content (AvgIpc) is 1.62. The molecule has 3 nitrogen and oxygen atoms in total. The van der Waals surface area contributed by atoms with Gasteiger partial charge < -0.3 is 0 Å². The zero-order chi connectivity index (χ0) is 5.66. The van der Waals surface area contributed by atoms with Crippen LogP contribution in [-0.2, 0) is 0 Å². The van der Waals surface area contributed by atoms with Crippen molar-refractivity contribution in [3.05, 3.63) is 0 Å². The predicted octanol–water partition coefficient (Wildman–Crippen LogP) is 0.0272. The van der Waals surface area contributed by atoms with Crippen LogP contribution >= 0.6 is 11.9 Å². The third kappa shape index (κ3) is 2.52. The van der Waals surface area contributed by atoms with E-state index in [0.29, 0.717) is 0 Å². The van der Waals surface area contributed by atoms with Crippen molar-refractivity contribution in [2.45, 2.75) is 12.8 Å². The van der Waals surface area contributed by atoms with E-state index < -0.39 is 0 Å². The maximum atomic E-state index is 3.01. The summed E-state index contributed by atoms with van der Waals surface area (Å²) < 4.78 is 0. The van der Waals surface area contributed by atoms with E-state index in [1.165, 1.54) is 18.6 Å². The Labute approximate surface area is 53.7 Å². The average molecular weight is 133 g/mol. The number of hydrogen-bond donors (Lipinski definition) is 3. The van der Waals surface area contributed by atoms with Crippen LogP contribution in [0.25, 0.3) is 0 Å². The molecule has 0 spiro atoms. The lowest BCUT2D eigenvalue weighted by atomic mass is 10.3. The molecular weight excluding hydrogens is 122 g/mol. The van der Waals surface area contributed by atoms with Gasteiger partial charge in [-0.05, 0) is 12.8 Å². The molecule has 1 heterocycles. The zero-order valence-electron chi connectivity index (χ0n) is 4.74. The van der Waals surface area contributed by atoms with Crippen molar-refractivity contribution in [3.8, 4) is 0 Å². The molecule has 0 aliphatic carbocycles. The van der Waals surface area contributed by atoms with E-state index in [0.717, 1.165) is 6.54 Å². The molecule has 0 aromatic rings. The minimum absolute atomic E-state index is 1.06. The van der Waals surface area contributed by atoms with Gasteiger partial charge >= 0.3 is 0 Å². The Morgan fingerprint density at radius 2 is 2.25 bits per heavy atom. The van der Waals surface area contributed by atoms with Gasteiger partial charge in [-0.1, -0.05) is 11.9 Å². The maximum Gasteiger partial charge on any atom is 0.0114 e. The molecule has 0 atom stereocenters. The normalized spacial score (nSPS) is 24.0. The lowest BCUT2D eigenvalue weighted by Crippen LogP contribution is -2.41. The monoisotopic (exact) mass is 133 g/mol. The summed E-state index contributed by atoms with van der Waals surface area (Å²) in [7, 11) is 0. The molecule has 4 heteroatoms. The highest BCUT2D eigenvalue weighted by atomic mass is 32.2. The van der Waals surface area contributed by atoms with Crippen LogP contribution in [0.1, 0.15) is 12.8 Å². The van der Waals surface area contributed by atoms with Crippen LogP contribution in [0.15, 0.2) is 0 Å². The Balaban J connectivity index is 2.00. The van der Waals surface area contributed by atoms with Crippen LogP contribution in [0.2, 0.25) is 0 Å². The van der Waals surface area contributed by atoms with Crippen LogP contribution in [0.3, 0.4) is 0 Å². The molecule has 0 unspecified atom stereocenters. The fourth-order valence-electron chi connectivity index (χ4n) is 0.573. The van der Waals surface area contributed by atoms with Crippen molar-refractivity contribution in [1.82, 2.24) is 15.8 Å². The topological polar surface area (TPSA) is 36.1 Å². The van der Waals surface area contributed by atoms with Crippen molar-refractivity contribution in [2.24, 2.45) is 0 Å². The van der Waals surface area contributed by atoms with E-state index in [1.807, 2.05) is 0 Å². The van der Waals surface area contributed by atoms with Crippen LogP contribution < -0.4 is 15.8 Å². The molecule has 1 aliphatic heterocycles.